The number of benzene rings is 1. The van der Waals surface area contributed by atoms with Crippen molar-refractivity contribution in [2.45, 2.75) is 88.9 Å². The fraction of sp³-hybridized carbons (Fsp3) is 0.370. The largest absolute Gasteiger partial charge is 0.457 e. The molecule has 0 radical (unpaired) electrons. The van der Waals surface area contributed by atoms with E-state index in [1.807, 2.05) is 0 Å². The second-order valence-electron chi connectivity index (χ2n) is 15.5. The Labute approximate surface area is 306 Å². The van der Waals surface area contributed by atoms with E-state index >= 15 is 0 Å². The SMILES string of the molecule is ClC1=CC2=C(CC1)C1CCCCC1C21C2=C(C=CC(C3=CC=C(c4nc(C5=CCCC=C5)nc(C5=CCCC=C5)n4)CC3)C2)Oc2ccccc21. The predicted octanol–water partition coefficient (Wildman–Crippen LogP) is 11.6. The van der Waals surface area contributed by atoms with Crippen LogP contribution in [0.25, 0.3) is 16.7 Å². The molecule has 256 valence electrons. The highest BCUT2D eigenvalue weighted by Crippen LogP contribution is 2.67. The highest BCUT2D eigenvalue weighted by molar-refractivity contribution is 6.29. The van der Waals surface area contributed by atoms with E-state index in [-0.39, 0.29) is 5.41 Å². The molecule has 1 aliphatic heterocycles. The summed E-state index contributed by atoms with van der Waals surface area (Å²) in [6, 6.07) is 8.88. The number of nitrogens with zero attached hydrogens (tertiary/aromatic N) is 3. The molecular weight excluding hydrogens is 646 g/mol. The molecule has 4 nitrogen and oxygen atoms in total. The second kappa shape index (κ2) is 12.7. The maximum absolute atomic E-state index is 6.93. The minimum Gasteiger partial charge on any atom is -0.457 e. The molecule has 4 unspecified atom stereocenters. The number of ether oxygens (including phenoxy) is 1. The lowest BCUT2D eigenvalue weighted by Gasteiger charge is -2.48. The van der Waals surface area contributed by atoms with Crippen molar-refractivity contribution in [1.82, 2.24) is 15.0 Å². The molecule has 1 aromatic carbocycles. The van der Waals surface area contributed by atoms with E-state index in [1.165, 1.54) is 53.5 Å². The molecule has 10 rings (SSSR count). The zero-order chi connectivity index (χ0) is 33.9. The van der Waals surface area contributed by atoms with Crippen LogP contribution >= 0.6 is 11.6 Å². The van der Waals surface area contributed by atoms with Crippen LogP contribution in [0.3, 0.4) is 0 Å². The number of halogens is 1. The summed E-state index contributed by atoms with van der Waals surface area (Å²) in [6.07, 6.45) is 39.3. The zero-order valence-electron chi connectivity index (χ0n) is 29.2. The smallest absolute Gasteiger partial charge is 0.163 e. The Morgan fingerprint density at radius 3 is 2.27 bits per heavy atom. The molecule has 1 saturated carbocycles. The third-order valence-corrected chi connectivity index (χ3v) is 13.1. The molecule has 5 heteroatoms. The van der Waals surface area contributed by atoms with Gasteiger partial charge < -0.3 is 4.74 Å². The van der Waals surface area contributed by atoms with Crippen molar-refractivity contribution in [2.24, 2.45) is 17.8 Å². The van der Waals surface area contributed by atoms with E-state index in [1.54, 1.807) is 5.57 Å². The molecule has 7 aliphatic carbocycles. The van der Waals surface area contributed by atoms with Crippen LogP contribution in [0, 0.1) is 17.8 Å². The molecule has 1 aromatic heterocycles. The van der Waals surface area contributed by atoms with Gasteiger partial charge in [-0.15, -0.1) is 0 Å². The van der Waals surface area contributed by atoms with Crippen molar-refractivity contribution in [3.05, 3.63) is 147 Å². The van der Waals surface area contributed by atoms with Crippen molar-refractivity contribution < 1.29 is 4.74 Å². The van der Waals surface area contributed by atoms with E-state index in [0.717, 1.165) is 103 Å². The van der Waals surface area contributed by atoms with Crippen LogP contribution in [0.2, 0.25) is 0 Å². The average molecular weight is 690 g/mol. The number of rotatable bonds is 4. The highest BCUT2D eigenvalue weighted by Gasteiger charge is 2.59. The van der Waals surface area contributed by atoms with Gasteiger partial charge in [0.05, 0.1) is 5.41 Å². The summed E-state index contributed by atoms with van der Waals surface area (Å²) >= 11 is 6.93. The average Bonchev–Trinajstić information content (AvgIpc) is 3.48. The van der Waals surface area contributed by atoms with Crippen LogP contribution in [-0.2, 0) is 5.41 Å². The normalized spacial score (nSPS) is 29.3. The molecule has 2 heterocycles. The van der Waals surface area contributed by atoms with Crippen molar-refractivity contribution in [2.75, 3.05) is 0 Å². The van der Waals surface area contributed by atoms with Crippen LogP contribution in [0.1, 0.15) is 107 Å². The van der Waals surface area contributed by atoms with Gasteiger partial charge in [0.1, 0.15) is 11.5 Å². The van der Waals surface area contributed by atoms with Gasteiger partial charge in [0.15, 0.2) is 17.5 Å². The quantitative estimate of drug-likeness (QED) is 0.320. The topological polar surface area (TPSA) is 47.9 Å². The molecule has 8 aliphatic rings. The zero-order valence-corrected chi connectivity index (χ0v) is 30.0. The fourth-order valence-corrected chi connectivity index (χ4v) is 10.7. The first kappa shape index (κ1) is 31.5. The van der Waals surface area contributed by atoms with Crippen LogP contribution < -0.4 is 4.74 Å². The highest BCUT2D eigenvalue weighted by atomic mass is 35.5. The van der Waals surface area contributed by atoms with Gasteiger partial charge >= 0.3 is 0 Å². The Morgan fingerprint density at radius 2 is 1.53 bits per heavy atom. The maximum Gasteiger partial charge on any atom is 0.163 e. The first-order chi connectivity index (χ1) is 25.2. The lowest BCUT2D eigenvalue weighted by molar-refractivity contribution is 0.206. The Morgan fingerprint density at radius 1 is 0.765 bits per heavy atom. The number of aromatic nitrogens is 3. The van der Waals surface area contributed by atoms with Gasteiger partial charge in [0, 0.05) is 27.7 Å². The maximum atomic E-state index is 6.93. The van der Waals surface area contributed by atoms with Gasteiger partial charge in [-0.3, -0.25) is 0 Å². The predicted molar refractivity (Wildman–Crippen MR) is 206 cm³/mol. The van der Waals surface area contributed by atoms with Crippen molar-refractivity contribution in [1.29, 1.82) is 0 Å². The second-order valence-corrected chi connectivity index (χ2v) is 15.9. The van der Waals surface area contributed by atoms with Crippen LogP contribution in [0.5, 0.6) is 5.75 Å². The number of para-hydroxylation sites is 1. The van der Waals surface area contributed by atoms with Gasteiger partial charge in [-0.2, -0.15) is 0 Å². The number of hydrogen-bond donors (Lipinski definition) is 0. The number of hydrogen-bond acceptors (Lipinski definition) is 4. The standard InChI is InChI=1S/C46H44ClN3O/c47-34-24-25-36-35-15-7-8-16-37(35)46(39(36)28-34)38-17-9-10-18-41(38)51-42-26-23-33(27-40(42)46)29-19-21-32(22-20-29)45-49-43(30-11-3-1-4-12-30)48-44(50-45)31-13-5-2-6-14-31/h3,5,9-14,17-19,21,23,26,28,33,35,37H,1-2,4,6-8,15-16,20,22,24-25,27H2. The van der Waals surface area contributed by atoms with Gasteiger partial charge in [0.2, 0.25) is 0 Å². The van der Waals surface area contributed by atoms with Crippen molar-refractivity contribution in [3.63, 3.8) is 0 Å². The van der Waals surface area contributed by atoms with E-state index in [4.69, 9.17) is 31.3 Å². The van der Waals surface area contributed by atoms with Gasteiger partial charge in [0.25, 0.3) is 0 Å². The van der Waals surface area contributed by atoms with Crippen molar-refractivity contribution >= 4 is 28.3 Å². The molecular formula is C46H44ClN3O. The summed E-state index contributed by atoms with van der Waals surface area (Å²) in [5.41, 5.74) is 10.7. The van der Waals surface area contributed by atoms with Gasteiger partial charge in [-0.05, 0) is 117 Å². The molecule has 51 heavy (non-hydrogen) atoms. The summed E-state index contributed by atoms with van der Waals surface area (Å²) in [5.74, 6) is 5.96. The van der Waals surface area contributed by atoms with E-state index in [0.29, 0.717) is 17.8 Å². The summed E-state index contributed by atoms with van der Waals surface area (Å²) in [7, 11) is 0. The number of allylic oxidation sites excluding steroid dienone is 19. The van der Waals surface area contributed by atoms with Crippen LogP contribution in [0.4, 0.5) is 0 Å². The first-order valence-electron chi connectivity index (χ1n) is 19.4. The van der Waals surface area contributed by atoms with E-state index in [9.17, 15) is 0 Å². The molecule has 1 spiro atoms. The monoisotopic (exact) mass is 689 g/mol. The van der Waals surface area contributed by atoms with Crippen LogP contribution in [-0.4, -0.2) is 15.0 Å². The Bertz CT molecular complexity index is 2100. The third kappa shape index (κ3) is 5.19. The summed E-state index contributed by atoms with van der Waals surface area (Å²) in [5, 5.41) is 1.00. The molecule has 0 saturated heterocycles. The molecule has 0 amide bonds. The molecule has 0 N–H and O–H groups in total. The number of fused-ring (bicyclic) bond motifs is 7. The van der Waals surface area contributed by atoms with Crippen LogP contribution in [0.15, 0.2) is 124 Å². The molecule has 1 fully saturated rings. The lowest BCUT2D eigenvalue weighted by atomic mass is 9.56. The summed E-state index contributed by atoms with van der Waals surface area (Å²) in [6.45, 7) is 0. The summed E-state index contributed by atoms with van der Waals surface area (Å²) < 4.78 is 6.79. The van der Waals surface area contributed by atoms with E-state index < -0.39 is 0 Å². The molecule has 0 bridgehead atoms. The molecule has 2 aromatic rings. The third-order valence-electron chi connectivity index (χ3n) is 12.8. The minimum absolute atomic E-state index is 0.174. The lowest BCUT2D eigenvalue weighted by Crippen LogP contribution is -2.43. The van der Waals surface area contributed by atoms with Crippen molar-refractivity contribution in [3.8, 4) is 5.75 Å². The Balaban J connectivity index is 1.02. The van der Waals surface area contributed by atoms with Gasteiger partial charge in [-0.25, -0.2) is 15.0 Å². The first-order valence-corrected chi connectivity index (χ1v) is 19.7. The fourth-order valence-electron chi connectivity index (χ4n) is 10.5. The molecule has 4 atom stereocenters. The summed E-state index contributed by atoms with van der Waals surface area (Å²) in [4.78, 5) is 15.1. The Kier molecular flexibility index (Phi) is 7.86. The minimum atomic E-state index is -0.174. The Hall–Kier alpha value is -4.28. The van der Waals surface area contributed by atoms with E-state index in [2.05, 4.69) is 91.1 Å². The van der Waals surface area contributed by atoms with Gasteiger partial charge in [-0.1, -0.05) is 108 Å².